The molecule has 0 aliphatic heterocycles. The number of carbonyl (C=O) groups excluding carboxylic acids is 2. The molecule has 19 heavy (non-hydrogen) atoms. The van der Waals surface area contributed by atoms with Gasteiger partial charge in [-0.15, -0.1) is 0 Å². The van der Waals surface area contributed by atoms with Crippen LogP contribution in [0.25, 0.3) is 0 Å². The summed E-state index contributed by atoms with van der Waals surface area (Å²) in [6.07, 6.45) is 0. The molecule has 1 rings (SSSR count). The SMILES string of the molecule is CPOC(=O)C(C)C(C)C(=O)c1ccc(C)cc1C. The molecule has 0 aliphatic rings. The Hall–Kier alpha value is -1.21. The molecule has 0 aromatic heterocycles. The van der Waals surface area contributed by atoms with Crippen LogP contribution >= 0.6 is 8.81 Å². The quantitative estimate of drug-likeness (QED) is 0.612. The number of aryl methyl sites for hydroxylation is 2. The van der Waals surface area contributed by atoms with Gasteiger partial charge in [-0.1, -0.05) is 37.6 Å². The lowest BCUT2D eigenvalue weighted by Gasteiger charge is -2.18. The number of Topliss-reactive ketones (excluding diaryl/α,β-unsaturated/α-hetero) is 1. The summed E-state index contributed by atoms with van der Waals surface area (Å²) in [7, 11) is 0.119. The summed E-state index contributed by atoms with van der Waals surface area (Å²) in [5.41, 5.74) is 2.77. The molecule has 0 bridgehead atoms. The minimum atomic E-state index is -0.416. The normalized spacial score (nSPS) is 14.4. The average Bonchev–Trinajstić information content (AvgIpc) is 2.36. The van der Waals surface area contributed by atoms with E-state index in [2.05, 4.69) is 0 Å². The maximum absolute atomic E-state index is 12.4. The average molecular weight is 280 g/mol. The molecule has 0 fully saturated rings. The van der Waals surface area contributed by atoms with Crippen LogP contribution in [0.15, 0.2) is 18.2 Å². The monoisotopic (exact) mass is 280 g/mol. The van der Waals surface area contributed by atoms with Gasteiger partial charge in [0.15, 0.2) is 5.78 Å². The van der Waals surface area contributed by atoms with E-state index in [1.807, 2.05) is 32.0 Å². The molecule has 4 heteroatoms. The zero-order chi connectivity index (χ0) is 14.6. The maximum atomic E-state index is 12.4. The highest BCUT2D eigenvalue weighted by Crippen LogP contribution is 2.23. The Morgan fingerprint density at radius 1 is 1.16 bits per heavy atom. The molecule has 3 atom stereocenters. The van der Waals surface area contributed by atoms with E-state index in [1.54, 1.807) is 20.5 Å². The molecule has 3 nitrogen and oxygen atoms in total. The molecule has 3 unspecified atom stereocenters. The Labute approximate surface area is 116 Å². The molecule has 0 amide bonds. The van der Waals surface area contributed by atoms with Crippen molar-refractivity contribution in [3.05, 3.63) is 34.9 Å². The number of carbonyl (C=O) groups is 2. The van der Waals surface area contributed by atoms with E-state index in [0.717, 1.165) is 11.1 Å². The van der Waals surface area contributed by atoms with Crippen LogP contribution in [-0.2, 0) is 9.32 Å². The van der Waals surface area contributed by atoms with Crippen LogP contribution in [-0.4, -0.2) is 18.4 Å². The van der Waals surface area contributed by atoms with E-state index in [4.69, 9.17) is 4.52 Å². The number of benzene rings is 1. The highest BCUT2D eigenvalue weighted by molar-refractivity contribution is 7.31. The smallest absolute Gasteiger partial charge is 0.311 e. The van der Waals surface area contributed by atoms with Gasteiger partial charge in [-0.25, -0.2) is 0 Å². The summed E-state index contributed by atoms with van der Waals surface area (Å²) in [6, 6.07) is 5.74. The largest absolute Gasteiger partial charge is 0.448 e. The molecule has 0 saturated heterocycles. The van der Waals surface area contributed by atoms with E-state index in [1.165, 1.54) is 0 Å². The van der Waals surface area contributed by atoms with Crippen LogP contribution in [0, 0.1) is 25.7 Å². The van der Waals surface area contributed by atoms with Crippen molar-refractivity contribution in [3.63, 3.8) is 0 Å². The third-order valence-electron chi connectivity index (χ3n) is 3.39. The molecule has 0 saturated carbocycles. The van der Waals surface area contributed by atoms with E-state index in [0.29, 0.717) is 5.56 Å². The fourth-order valence-electron chi connectivity index (χ4n) is 1.96. The van der Waals surface area contributed by atoms with Gasteiger partial charge in [-0.05, 0) is 26.1 Å². The lowest BCUT2D eigenvalue weighted by molar-refractivity contribution is -0.138. The van der Waals surface area contributed by atoms with Gasteiger partial charge in [0.2, 0.25) is 0 Å². The van der Waals surface area contributed by atoms with Gasteiger partial charge in [-0.2, -0.15) is 0 Å². The third kappa shape index (κ3) is 3.87. The summed E-state index contributed by atoms with van der Waals surface area (Å²) >= 11 is 0. The van der Waals surface area contributed by atoms with Crippen LogP contribution < -0.4 is 0 Å². The van der Waals surface area contributed by atoms with Gasteiger partial charge >= 0.3 is 5.97 Å². The van der Waals surface area contributed by atoms with E-state index >= 15 is 0 Å². The predicted octanol–water partition coefficient (Wildman–Crippen LogP) is 3.52. The van der Waals surface area contributed by atoms with Crippen LogP contribution in [0.2, 0.25) is 0 Å². The van der Waals surface area contributed by atoms with Crippen LogP contribution in [0.3, 0.4) is 0 Å². The zero-order valence-electron chi connectivity index (χ0n) is 12.1. The van der Waals surface area contributed by atoms with Gasteiger partial charge in [0.25, 0.3) is 0 Å². The van der Waals surface area contributed by atoms with Crippen molar-refractivity contribution in [2.24, 2.45) is 11.8 Å². The first-order valence-corrected chi connectivity index (χ1v) is 7.78. The third-order valence-corrected chi connectivity index (χ3v) is 3.79. The lowest BCUT2D eigenvalue weighted by Crippen LogP contribution is -2.26. The van der Waals surface area contributed by atoms with Crippen molar-refractivity contribution in [1.82, 2.24) is 0 Å². The van der Waals surface area contributed by atoms with Crippen LogP contribution in [0.4, 0.5) is 0 Å². The van der Waals surface area contributed by atoms with Gasteiger partial charge < -0.3 is 4.52 Å². The molecule has 1 aromatic carbocycles. The molecule has 0 radical (unpaired) electrons. The minimum absolute atomic E-state index is 0.00128. The summed E-state index contributed by atoms with van der Waals surface area (Å²) in [4.78, 5) is 24.1. The lowest BCUT2D eigenvalue weighted by atomic mass is 9.86. The maximum Gasteiger partial charge on any atom is 0.311 e. The van der Waals surface area contributed by atoms with Crippen LogP contribution in [0.5, 0.6) is 0 Å². The number of hydrogen-bond donors (Lipinski definition) is 0. The summed E-state index contributed by atoms with van der Waals surface area (Å²) in [6.45, 7) is 9.23. The summed E-state index contributed by atoms with van der Waals surface area (Å²) in [5, 5.41) is 0. The summed E-state index contributed by atoms with van der Waals surface area (Å²) < 4.78 is 5.00. The molecule has 1 aromatic rings. The molecule has 104 valence electrons. The number of ketones is 1. The van der Waals surface area contributed by atoms with Gasteiger partial charge in [0.1, 0.15) is 0 Å². The second-order valence-electron chi connectivity index (χ2n) is 4.89. The second kappa shape index (κ2) is 6.81. The zero-order valence-corrected chi connectivity index (χ0v) is 13.1. The van der Waals surface area contributed by atoms with Crippen molar-refractivity contribution < 1.29 is 14.1 Å². The highest BCUT2D eigenvalue weighted by Gasteiger charge is 2.28. The standard InChI is InChI=1S/C15H21O3P/c1-9-6-7-13(10(2)8-9)14(16)11(3)12(4)15(17)18-19-5/h6-8,11-12,19H,1-5H3. The highest BCUT2D eigenvalue weighted by atomic mass is 31.1. The minimum Gasteiger partial charge on any atom is -0.448 e. The molecule has 0 heterocycles. The Balaban J connectivity index is 2.90. The first kappa shape index (κ1) is 15.8. The predicted molar refractivity (Wildman–Crippen MR) is 78.9 cm³/mol. The Morgan fingerprint density at radius 3 is 2.32 bits per heavy atom. The molecular weight excluding hydrogens is 259 g/mol. The first-order valence-electron chi connectivity index (χ1n) is 6.37. The molecule has 0 aliphatic carbocycles. The first-order chi connectivity index (χ1) is 8.88. The fourth-order valence-corrected chi connectivity index (χ4v) is 2.35. The second-order valence-corrected chi connectivity index (χ2v) is 5.50. The molecule has 0 spiro atoms. The van der Waals surface area contributed by atoms with Crippen molar-refractivity contribution in [2.45, 2.75) is 27.7 Å². The van der Waals surface area contributed by atoms with Crippen molar-refractivity contribution in [2.75, 3.05) is 6.66 Å². The fraction of sp³-hybridized carbons (Fsp3) is 0.467. The number of rotatable bonds is 5. The van der Waals surface area contributed by atoms with Gasteiger partial charge in [-0.3, -0.25) is 9.59 Å². The van der Waals surface area contributed by atoms with E-state index in [9.17, 15) is 9.59 Å². The van der Waals surface area contributed by atoms with E-state index < -0.39 is 5.92 Å². The van der Waals surface area contributed by atoms with Crippen molar-refractivity contribution in [3.8, 4) is 0 Å². The summed E-state index contributed by atoms with van der Waals surface area (Å²) in [5.74, 6) is -1.08. The Bertz CT molecular complexity index is 482. The van der Waals surface area contributed by atoms with Crippen molar-refractivity contribution in [1.29, 1.82) is 0 Å². The van der Waals surface area contributed by atoms with Gasteiger partial charge in [0, 0.05) is 11.5 Å². The molecule has 0 N–H and O–H groups in total. The van der Waals surface area contributed by atoms with Crippen molar-refractivity contribution >= 4 is 20.6 Å². The number of hydrogen-bond acceptors (Lipinski definition) is 3. The van der Waals surface area contributed by atoms with E-state index in [-0.39, 0.29) is 26.5 Å². The molecular formula is C15H21O3P. The van der Waals surface area contributed by atoms with Crippen LogP contribution in [0.1, 0.15) is 35.3 Å². The van der Waals surface area contributed by atoms with Gasteiger partial charge in [0.05, 0.1) is 14.7 Å². The Morgan fingerprint density at radius 2 is 1.79 bits per heavy atom. The topological polar surface area (TPSA) is 43.4 Å². The Kier molecular flexibility index (Phi) is 5.68.